The van der Waals surface area contributed by atoms with Crippen LogP contribution in [0.4, 0.5) is 4.39 Å². The fourth-order valence-electron chi connectivity index (χ4n) is 4.86. The molecule has 2 atom stereocenters. The smallest absolute Gasteiger partial charge is 0.254 e. The Kier molecular flexibility index (Phi) is 8.08. The van der Waals surface area contributed by atoms with Gasteiger partial charge in [0, 0.05) is 35.2 Å². The van der Waals surface area contributed by atoms with E-state index in [0.29, 0.717) is 36.0 Å². The molecule has 1 aromatic heterocycles. The van der Waals surface area contributed by atoms with Gasteiger partial charge in [0.05, 0.1) is 12.1 Å². The molecule has 194 valence electrons. The van der Waals surface area contributed by atoms with Gasteiger partial charge < -0.3 is 19.3 Å². The second-order valence-electron chi connectivity index (χ2n) is 9.24. The molecular formula is C28H28ClFN2O4S. The molecule has 0 spiro atoms. The van der Waals surface area contributed by atoms with Crippen LogP contribution in [0.1, 0.15) is 39.7 Å². The molecule has 1 saturated heterocycles. The number of ether oxygens (including phenoxy) is 2. The maximum atomic E-state index is 13.7. The molecule has 3 heterocycles. The zero-order valence-corrected chi connectivity index (χ0v) is 21.8. The van der Waals surface area contributed by atoms with E-state index in [1.807, 2.05) is 16.3 Å². The number of carbonyl (C=O) groups is 2. The second-order valence-corrected chi connectivity index (χ2v) is 10.7. The lowest BCUT2D eigenvalue weighted by atomic mass is 10.00. The first kappa shape index (κ1) is 25.7. The summed E-state index contributed by atoms with van der Waals surface area (Å²) in [6.07, 6.45) is 2.40. The van der Waals surface area contributed by atoms with Crippen LogP contribution >= 0.6 is 22.9 Å². The fraction of sp³-hybridized carbons (Fsp3) is 0.357. The fourth-order valence-corrected chi connectivity index (χ4v) is 5.92. The molecule has 1 fully saturated rings. The maximum absolute atomic E-state index is 13.7. The molecule has 0 N–H and O–H groups in total. The average molecular weight is 543 g/mol. The van der Waals surface area contributed by atoms with E-state index in [1.165, 1.54) is 34.0 Å². The van der Waals surface area contributed by atoms with Gasteiger partial charge in [-0.25, -0.2) is 4.39 Å². The van der Waals surface area contributed by atoms with Gasteiger partial charge in [-0.1, -0.05) is 11.6 Å². The quantitative estimate of drug-likeness (QED) is 0.384. The van der Waals surface area contributed by atoms with Crippen molar-refractivity contribution in [3.8, 4) is 5.75 Å². The van der Waals surface area contributed by atoms with E-state index in [2.05, 4.69) is 0 Å². The van der Waals surface area contributed by atoms with Gasteiger partial charge >= 0.3 is 0 Å². The maximum Gasteiger partial charge on any atom is 0.254 e. The van der Waals surface area contributed by atoms with Crippen molar-refractivity contribution in [2.75, 3.05) is 32.8 Å². The number of hydrogen-bond acceptors (Lipinski definition) is 5. The summed E-state index contributed by atoms with van der Waals surface area (Å²) in [5.74, 6) is -0.214. The zero-order chi connectivity index (χ0) is 25.8. The Balaban J connectivity index is 1.34. The highest BCUT2D eigenvalue weighted by Gasteiger charge is 2.34. The molecule has 2 aliphatic rings. The minimum Gasteiger partial charge on any atom is -0.491 e. The minimum absolute atomic E-state index is 0.0903. The van der Waals surface area contributed by atoms with E-state index in [9.17, 15) is 14.0 Å². The molecule has 5 rings (SSSR count). The Morgan fingerprint density at radius 3 is 2.65 bits per heavy atom. The topological polar surface area (TPSA) is 59.1 Å². The van der Waals surface area contributed by atoms with E-state index in [-0.39, 0.29) is 37.1 Å². The van der Waals surface area contributed by atoms with Crippen LogP contribution in [0.5, 0.6) is 5.75 Å². The van der Waals surface area contributed by atoms with Gasteiger partial charge in [0.2, 0.25) is 5.91 Å². The van der Waals surface area contributed by atoms with Crippen molar-refractivity contribution in [1.82, 2.24) is 9.80 Å². The summed E-state index contributed by atoms with van der Waals surface area (Å²) < 4.78 is 25.3. The first-order valence-corrected chi connectivity index (χ1v) is 13.6. The molecule has 2 amide bonds. The third-order valence-corrected chi connectivity index (χ3v) is 8.04. The molecule has 3 aromatic rings. The average Bonchev–Trinajstić information content (AvgIpc) is 3.60. The first-order valence-electron chi connectivity index (χ1n) is 12.4. The Hall–Kier alpha value is -2.94. The molecule has 37 heavy (non-hydrogen) atoms. The predicted octanol–water partition coefficient (Wildman–Crippen LogP) is 5.37. The molecule has 0 aliphatic carbocycles. The van der Waals surface area contributed by atoms with Crippen LogP contribution in [0.3, 0.4) is 0 Å². The van der Waals surface area contributed by atoms with E-state index >= 15 is 0 Å². The summed E-state index contributed by atoms with van der Waals surface area (Å²) in [6, 6.07) is 14.3. The highest BCUT2D eigenvalue weighted by atomic mass is 35.5. The lowest BCUT2D eigenvalue weighted by Gasteiger charge is -2.37. The monoisotopic (exact) mass is 542 g/mol. The molecule has 6 nitrogen and oxygen atoms in total. The summed E-state index contributed by atoms with van der Waals surface area (Å²) in [6.45, 7) is 1.70. The SMILES string of the molecule is O=C(c1ccc(F)cc1)N(CC(=O)N1CCc2sccc2[C@@H]1COc1ccc(Cl)cc1)C[C@@H]1CCCO1. The molecular weight excluding hydrogens is 515 g/mol. The van der Waals surface area contributed by atoms with Crippen LogP contribution in [0.2, 0.25) is 5.02 Å². The Morgan fingerprint density at radius 1 is 1.14 bits per heavy atom. The van der Waals surface area contributed by atoms with Gasteiger partial charge in [0.25, 0.3) is 5.91 Å². The van der Waals surface area contributed by atoms with Crippen LogP contribution in [0.25, 0.3) is 0 Å². The van der Waals surface area contributed by atoms with E-state index in [1.54, 1.807) is 35.6 Å². The van der Waals surface area contributed by atoms with Crippen molar-refractivity contribution in [3.05, 3.63) is 86.8 Å². The Morgan fingerprint density at radius 2 is 1.92 bits per heavy atom. The first-order chi connectivity index (χ1) is 18.0. The number of nitrogens with zero attached hydrogens (tertiary/aromatic N) is 2. The predicted molar refractivity (Wildman–Crippen MR) is 141 cm³/mol. The second kappa shape index (κ2) is 11.6. The number of rotatable bonds is 8. The molecule has 0 radical (unpaired) electrons. The Labute approximate surface area is 224 Å². The highest BCUT2D eigenvalue weighted by molar-refractivity contribution is 7.10. The third kappa shape index (κ3) is 6.14. The lowest BCUT2D eigenvalue weighted by molar-refractivity contribution is -0.135. The number of thiophene rings is 1. The van der Waals surface area contributed by atoms with Gasteiger partial charge in [0.1, 0.15) is 24.7 Å². The van der Waals surface area contributed by atoms with Crippen molar-refractivity contribution >= 4 is 34.8 Å². The van der Waals surface area contributed by atoms with Crippen molar-refractivity contribution in [3.63, 3.8) is 0 Å². The molecule has 0 bridgehead atoms. The minimum atomic E-state index is -0.415. The number of amides is 2. The van der Waals surface area contributed by atoms with Crippen LogP contribution in [-0.2, 0) is 16.0 Å². The van der Waals surface area contributed by atoms with Crippen LogP contribution in [0, 0.1) is 5.82 Å². The number of halogens is 2. The van der Waals surface area contributed by atoms with E-state index in [4.69, 9.17) is 21.1 Å². The summed E-state index contributed by atoms with van der Waals surface area (Å²) in [7, 11) is 0. The van der Waals surface area contributed by atoms with Crippen molar-refractivity contribution in [1.29, 1.82) is 0 Å². The van der Waals surface area contributed by atoms with Crippen LogP contribution < -0.4 is 4.74 Å². The summed E-state index contributed by atoms with van der Waals surface area (Å²) in [5.41, 5.74) is 1.42. The summed E-state index contributed by atoms with van der Waals surface area (Å²) in [4.78, 5) is 31.7. The summed E-state index contributed by atoms with van der Waals surface area (Å²) >= 11 is 7.68. The normalized spacial score (nSPS) is 18.9. The number of benzene rings is 2. The molecule has 2 aromatic carbocycles. The number of hydrogen-bond donors (Lipinski definition) is 0. The van der Waals surface area contributed by atoms with Gasteiger partial charge in [0.15, 0.2) is 0 Å². The van der Waals surface area contributed by atoms with E-state index in [0.717, 1.165) is 24.8 Å². The van der Waals surface area contributed by atoms with Crippen LogP contribution in [0.15, 0.2) is 60.0 Å². The highest BCUT2D eigenvalue weighted by Crippen LogP contribution is 2.34. The number of carbonyl (C=O) groups excluding carboxylic acids is 2. The van der Waals surface area contributed by atoms with Crippen molar-refractivity contribution in [2.45, 2.75) is 31.4 Å². The lowest BCUT2D eigenvalue weighted by Crippen LogP contribution is -2.49. The van der Waals surface area contributed by atoms with Crippen molar-refractivity contribution in [2.24, 2.45) is 0 Å². The molecule has 2 aliphatic heterocycles. The van der Waals surface area contributed by atoms with Crippen molar-refractivity contribution < 1.29 is 23.5 Å². The standard InChI is InChI=1S/C28H28ClFN2O4S/c29-20-5-9-22(10-6-20)36-18-25-24-12-15-37-26(24)11-13-32(25)27(33)17-31(16-23-2-1-14-35-23)28(34)19-3-7-21(30)8-4-19/h3-10,12,15,23,25H,1-2,11,13-14,16-18H2/t23-,25-/m0/s1. The Bertz CT molecular complexity index is 1230. The molecule has 9 heteroatoms. The largest absolute Gasteiger partial charge is 0.491 e. The van der Waals surface area contributed by atoms with Crippen LogP contribution in [-0.4, -0.2) is 60.6 Å². The van der Waals surface area contributed by atoms with Gasteiger partial charge in [-0.3, -0.25) is 9.59 Å². The zero-order valence-electron chi connectivity index (χ0n) is 20.3. The third-order valence-electron chi connectivity index (χ3n) is 6.79. The van der Waals surface area contributed by atoms with Gasteiger partial charge in [-0.2, -0.15) is 0 Å². The molecule has 0 saturated carbocycles. The van der Waals surface area contributed by atoms with Gasteiger partial charge in [-0.05, 0) is 84.8 Å². The number of fused-ring (bicyclic) bond motifs is 1. The molecule has 0 unspecified atom stereocenters. The van der Waals surface area contributed by atoms with Gasteiger partial charge in [-0.15, -0.1) is 11.3 Å². The van der Waals surface area contributed by atoms with E-state index < -0.39 is 5.82 Å². The summed E-state index contributed by atoms with van der Waals surface area (Å²) in [5, 5.41) is 2.66.